The standard InChI is InChI=1S/C9H14.2ClH.Zr/c1-3-8-6-5-7-9(8)4-2;;;/h6-7H,3-5H2,1-2H3;2*1H;/q;;;+2/p-2. The quantitative estimate of drug-likeness (QED) is 0.703. The van der Waals surface area contributed by atoms with Crippen molar-refractivity contribution >= 4 is 17.0 Å². The molecular formula is C9H14Cl2Zr. The fraction of sp³-hybridized carbons (Fsp3) is 0.556. The molecule has 0 fully saturated rings. The summed E-state index contributed by atoms with van der Waals surface area (Å²) in [5, 5.41) is 0. The van der Waals surface area contributed by atoms with E-state index in [-0.39, 0.29) is 0 Å². The first-order chi connectivity index (χ1) is 5.79. The maximum atomic E-state index is 4.93. The molecule has 0 saturated heterocycles. The Morgan fingerprint density at radius 2 is 1.50 bits per heavy atom. The number of halogens is 2. The molecule has 0 heterocycles. The van der Waals surface area contributed by atoms with Crippen molar-refractivity contribution in [1.82, 2.24) is 0 Å². The summed E-state index contributed by atoms with van der Waals surface area (Å²) in [6, 6.07) is 0. The van der Waals surface area contributed by atoms with E-state index in [1.165, 1.54) is 19.3 Å². The Bertz CT molecular complexity index is 155. The van der Waals surface area contributed by atoms with Gasteiger partial charge in [-0.2, -0.15) is 0 Å². The molecule has 0 N–H and O–H groups in total. The van der Waals surface area contributed by atoms with E-state index in [9.17, 15) is 0 Å². The molecule has 1 aliphatic rings. The third kappa shape index (κ3) is 4.85. The second kappa shape index (κ2) is 8.54. The zero-order valence-electron chi connectivity index (χ0n) is 7.53. The molecule has 12 heavy (non-hydrogen) atoms. The van der Waals surface area contributed by atoms with Crippen molar-refractivity contribution in [3.63, 3.8) is 0 Å². The number of allylic oxidation sites excluding steroid dienone is 4. The van der Waals surface area contributed by atoms with Gasteiger partial charge in [0.05, 0.1) is 0 Å². The Morgan fingerprint density at radius 3 is 1.75 bits per heavy atom. The van der Waals surface area contributed by atoms with Gasteiger partial charge in [-0.15, -0.1) is 0 Å². The summed E-state index contributed by atoms with van der Waals surface area (Å²) < 4.78 is 0. The monoisotopic (exact) mass is 282 g/mol. The molecule has 3 heteroatoms. The number of hydrogen-bond donors (Lipinski definition) is 0. The van der Waals surface area contributed by atoms with Crippen molar-refractivity contribution in [2.24, 2.45) is 0 Å². The fourth-order valence-electron chi connectivity index (χ4n) is 1.35. The van der Waals surface area contributed by atoms with Gasteiger partial charge in [0.2, 0.25) is 0 Å². The normalized spacial score (nSPS) is 14.3. The summed E-state index contributed by atoms with van der Waals surface area (Å²) in [5.41, 5.74) is 3.13. The van der Waals surface area contributed by atoms with Crippen molar-refractivity contribution in [2.45, 2.75) is 33.1 Å². The Hall–Kier alpha value is 0.943. The number of rotatable bonds is 2. The first-order valence-electron chi connectivity index (χ1n) is 4.14. The van der Waals surface area contributed by atoms with Crippen LogP contribution in [0.1, 0.15) is 33.1 Å². The minimum absolute atomic E-state index is 0.826. The van der Waals surface area contributed by atoms with Crippen molar-refractivity contribution in [1.29, 1.82) is 0 Å². The van der Waals surface area contributed by atoms with Gasteiger partial charge >= 0.3 is 37.9 Å². The van der Waals surface area contributed by atoms with Crippen molar-refractivity contribution in [3.8, 4) is 0 Å². The van der Waals surface area contributed by atoms with Gasteiger partial charge in [-0.3, -0.25) is 0 Å². The van der Waals surface area contributed by atoms with Crippen molar-refractivity contribution in [3.05, 3.63) is 23.3 Å². The average Bonchev–Trinajstić information content (AvgIpc) is 2.52. The van der Waals surface area contributed by atoms with E-state index in [2.05, 4.69) is 26.0 Å². The predicted octanol–water partition coefficient (Wildman–Crippen LogP) is 4.44. The van der Waals surface area contributed by atoms with Crippen LogP contribution in [0.2, 0.25) is 0 Å². The molecule has 0 aromatic rings. The first-order valence-corrected chi connectivity index (χ1v) is 10.5. The topological polar surface area (TPSA) is 0 Å². The molecule has 68 valence electrons. The molecule has 0 aliphatic heterocycles. The predicted molar refractivity (Wildman–Crippen MR) is 53.1 cm³/mol. The van der Waals surface area contributed by atoms with Crippen LogP contribution in [0.5, 0.6) is 0 Å². The van der Waals surface area contributed by atoms with Gasteiger partial charge in [-0.25, -0.2) is 0 Å². The zero-order valence-corrected chi connectivity index (χ0v) is 11.5. The van der Waals surface area contributed by atoms with E-state index < -0.39 is 20.8 Å². The van der Waals surface area contributed by atoms with Crippen LogP contribution in [0.25, 0.3) is 0 Å². The third-order valence-corrected chi connectivity index (χ3v) is 1.90. The van der Waals surface area contributed by atoms with E-state index in [0.29, 0.717) is 0 Å². The molecule has 0 nitrogen and oxygen atoms in total. The van der Waals surface area contributed by atoms with Crippen LogP contribution in [0.4, 0.5) is 0 Å². The van der Waals surface area contributed by atoms with Gasteiger partial charge in [-0.1, -0.05) is 26.0 Å². The summed E-state index contributed by atoms with van der Waals surface area (Å²) >= 11 is -0.826. The zero-order chi connectivity index (χ0) is 9.40. The molecule has 0 bridgehead atoms. The van der Waals surface area contributed by atoms with E-state index >= 15 is 0 Å². The molecule has 1 rings (SSSR count). The summed E-state index contributed by atoms with van der Waals surface area (Å²) in [5.74, 6) is 0. The van der Waals surface area contributed by atoms with E-state index in [4.69, 9.17) is 17.0 Å². The molecule has 0 spiro atoms. The van der Waals surface area contributed by atoms with Crippen LogP contribution in [0.15, 0.2) is 23.3 Å². The third-order valence-electron chi connectivity index (χ3n) is 1.90. The second-order valence-electron chi connectivity index (χ2n) is 2.47. The Labute approximate surface area is 93.7 Å². The molecule has 1 aliphatic carbocycles. The summed E-state index contributed by atoms with van der Waals surface area (Å²) in [7, 11) is 9.87. The molecular weight excluding hydrogens is 270 g/mol. The van der Waals surface area contributed by atoms with Crippen LogP contribution in [0, 0.1) is 0 Å². The van der Waals surface area contributed by atoms with Crippen LogP contribution in [-0.2, 0) is 20.8 Å². The minimum atomic E-state index is -0.826. The molecule has 0 radical (unpaired) electrons. The Kier molecular flexibility index (Phi) is 9.21. The molecule has 0 unspecified atom stereocenters. The number of hydrogen-bond acceptors (Lipinski definition) is 0. The maximum absolute atomic E-state index is 4.93. The second-order valence-corrected chi connectivity index (χ2v) is 6.20. The van der Waals surface area contributed by atoms with Gasteiger partial charge in [0, 0.05) is 0 Å². The van der Waals surface area contributed by atoms with Gasteiger partial charge in [0.25, 0.3) is 0 Å². The SMILES string of the molecule is CCC1=CCC=C1CC.[Cl][Zr][Cl]. The van der Waals surface area contributed by atoms with Gasteiger partial charge < -0.3 is 0 Å². The molecule has 0 saturated carbocycles. The van der Waals surface area contributed by atoms with Gasteiger partial charge in [0.1, 0.15) is 0 Å². The van der Waals surface area contributed by atoms with Crippen LogP contribution in [-0.4, -0.2) is 0 Å². The average molecular weight is 284 g/mol. The fourth-order valence-corrected chi connectivity index (χ4v) is 1.35. The van der Waals surface area contributed by atoms with E-state index in [1.54, 1.807) is 11.1 Å². The molecule has 0 amide bonds. The van der Waals surface area contributed by atoms with Crippen LogP contribution in [0.3, 0.4) is 0 Å². The molecule has 0 atom stereocenters. The first kappa shape index (κ1) is 12.9. The summed E-state index contributed by atoms with van der Waals surface area (Å²) in [6.45, 7) is 4.45. The van der Waals surface area contributed by atoms with Gasteiger partial charge in [-0.05, 0) is 30.4 Å². The molecule has 0 aromatic heterocycles. The van der Waals surface area contributed by atoms with E-state index in [0.717, 1.165) is 0 Å². The van der Waals surface area contributed by atoms with E-state index in [1.807, 2.05) is 0 Å². The Morgan fingerprint density at radius 1 is 1.17 bits per heavy atom. The van der Waals surface area contributed by atoms with Crippen LogP contribution >= 0.6 is 17.0 Å². The van der Waals surface area contributed by atoms with Crippen LogP contribution < -0.4 is 0 Å². The van der Waals surface area contributed by atoms with Crippen molar-refractivity contribution < 1.29 is 20.8 Å². The van der Waals surface area contributed by atoms with Gasteiger partial charge in [0.15, 0.2) is 0 Å². The molecule has 0 aromatic carbocycles. The summed E-state index contributed by atoms with van der Waals surface area (Å²) in [6.07, 6.45) is 8.25. The summed E-state index contributed by atoms with van der Waals surface area (Å²) in [4.78, 5) is 0. The van der Waals surface area contributed by atoms with Crippen molar-refractivity contribution in [2.75, 3.05) is 0 Å². The Balaban J connectivity index is 0.000000354.